The van der Waals surface area contributed by atoms with Crippen molar-refractivity contribution in [1.82, 2.24) is 0 Å². The third kappa shape index (κ3) is 3.80. The molecule has 0 amide bonds. The van der Waals surface area contributed by atoms with E-state index >= 15 is 0 Å². The molecule has 0 saturated carbocycles. The van der Waals surface area contributed by atoms with Gasteiger partial charge < -0.3 is 19.9 Å². The molecule has 1 N–H and O–H groups in total. The Morgan fingerprint density at radius 2 is 1.87 bits per heavy atom. The van der Waals surface area contributed by atoms with Crippen LogP contribution in [-0.4, -0.2) is 19.4 Å². The summed E-state index contributed by atoms with van der Waals surface area (Å²) in [6.07, 6.45) is 1.67. The second kappa shape index (κ2) is 7.31. The van der Waals surface area contributed by atoms with E-state index in [1.165, 1.54) is 12.1 Å². The molecule has 0 spiro atoms. The van der Waals surface area contributed by atoms with Gasteiger partial charge in [-0.25, -0.2) is 0 Å². The highest BCUT2D eigenvalue weighted by atomic mass is 16.8. The zero-order valence-electron chi connectivity index (χ0n) is 12.7. The molecule has 23 heavy (non-hydrogen) atoms. The van der Waals surface area contributed by atoms with E-state index in [2.05, 4.69) is 6.07 Å². The van der Waals surface area contributed by atoms with Crippen LogP contribution in [0.2, 0.25) is 0 Å². The highest BCUT2D eigenvalue weighted by Gasteiger charge is 2.07. The number of nitrogens with zero attached hydrogens (tertiary/aromatic N) is 2. The molecule has 2 aromatic rings. The number of methoxy groups -OCH3 is 2. The number of hydrogen-bond acceptors (Lipinski definition) is 6. The summed E-state index contributed by atoms with van der Waals surface area (Å²) in [5.74, 6) is 1.25. The Labute approximate surface area is 133 Å². The smallest absolute Gasteiger partial charge is 0.126 e. The Kier molecular flexibility index (Phi) is 5.20. The lowest BCUT2D eigenvalue weighted by molar-refractivity contribution is 0.296. The third-order valence-corrected chi connectivity index (χ3v) is 3.26. The predicted octanol–water partition coefficient (Wildman–Crippen LogP) is 3.46. The van der Waals surface area contributed by atoms with Crippen molar-refractivity contribution >= 4 is 17.3 Å². The van der Waals surface area contributed by atoms with Crippen LogP contribution in [0.3, 0.4) is 0 Å². The van der Waals surface area contributed by atoms with Gasteiger partial charge in [-0.3, -0.25) is 5.21 Å². The number of nitriles is 1. The van der Waals surface area contributed by atoms with Crippen molar-refractivity contribution in [2.24, 2.45) is 0 Å². The van der Waals surface area contributed by atoms with Gasteiger partial charge in [0.05, 0.1) is 31.5 Å². The first-order valence-electron chi connectivity index (χ1n) is 6.69. The molecule has 0 bridgehead atoms. The first-order chi connectivity index (χ1) is 11.1. The first kappa shape index (κ1) is 16.4. The summed E-state index contributed by atoms with van der Waals surface area (Å²) in [5.41, 5.74) is 1.78. The van der Waals surface area contributed by atoms with E-state index in [1.807, 2.05) is 0 Å². The van der Waals surface area contributed by atoms with Crippen LogP contribution in [0.1, 0.15) is 11.1 Å². The van der Waals surface area contributed by atoms with E-state index in [1.54, 1.807) is 50.6 Å². The summed E-state index contributed by atoms with van der Waals surface area (Å²) in [5, 5.41) is 28.8. The number of anilines is 1. The zero-order valence-corrected chi connectivity index (χ0v) is 12.7. The summed E-state index contributed by atoms with van der Waals surface area (Å²) < 4.78 is 10.5. The van der Waals surface area contributed by atoms with Crippen LogP contribution in [0.25, 0.3) is 11.6 Å². The van der Waals surface area contributed by atoms with Gasteiger partial charge >= 0.3 is 0 Å². The Bertz CT molecular complexity index is 746. The van der Waals surface area contributed by atoms with Crippen LogP contribution < -0.4 is 14.7 Å². The van der Waals surface area contributed by atoms with Gasteiger partial charge in [0.2, 0.25) is 0 Å². The SMILES string of the molecule is COc1ccc(OC)c(/C=C(/C#N)c2ccc(N([O-])O)cc2)c1. The first-order valence-corrected chi connectivity index (χ1v) is 6.69. The average molecular weight is 311 g/mol. The highest BCUT2D eigenvalue weighted by Crippen LogP contribution is 2.28. The molecular formula is C17H15N2O4-. The maximum atomic E-state index is 10.8. The second-order valence-electron chi connectivity index (χ2n) is 4.60. The lowest BCUT2D eigenvalue weighted by Gasteiger charge is -2.21. The van der Waals surface area contributed by atoms with E-state index in [-0.39, 0.29) is 10.9 Å². The van der Waals surface area contributed by atoms with Crippen molar-refractivity contribution in [2.75, 3.05) is 19.4 Å². The van der Waals surface area contributed by atoms with Gasteiger partial charge in [-0.2, -0.15) is 5.26 Å². The molecule has 2 aromatic carbocycles. The van der Waals surface area contributed by atoms with E-state index < -0.39 is 0 Å². The molecular weight excluding hydrogens is 296 g/mol. The molecule has 0 saturated heterocycles. The quantitative estimate of drug-likeness (QED) is 0.517. The van der Waals surface area contributed by atoms with Crippen LogP contribution in [0.5, 0.6) is 11.5 Å². The molecule has 0 atom stereocenters. The van der Waals surface area contributed by atoms with Crippen LogP contribution in [0.15, 0.2) is 42.5 Å². The molecule has 0 aliphatic rings. The van der Waals surface area contributed by atoms with Gasteiger partial charge in [0.15, 0.2) is 0 Å². The molecule has 0 radical (unpaired) electrons. The molecule has 6 nitrogen and oxygen atoms in total. The molecule has 0 fully saturated rings. The van der Waals surface area contributed by atoms with Crippen molar-refractivity contribution in [3.05, 3.63) is 58.8 Å². The van der Waals surface area contributed by atoms with E-state index in [9.17, 15) is 10.5 Å². The fourth-order valence-electron chi connectivity index (χ4n) is 2.06. The van der Waals surface area contributed by atoms with Gasteiger partial charge in [0, 0.05) is 5.56 Å². The summed E-state index contributed by atoms with van der Waals surface area (Å²) >= 11 is 0. The minimum absolute atomic E-state index is 0.0880. The summed E-state index contributed by atoms with van der Waals surface area (Å²) in [6.45, 7) is 0. The lowest BCUT2D eigenvalue weighted by atomic mass is 10.0. The van der Waals surface area contributed by atoms with Crippen LogP contribution in [0.4, 0.5) is 5.69 Å². The number of hydrogen-bond donors (Lipinski definition) is 1. The molecule has 0 heterocycles. The fraction of sp³-hybridized carbons (Fsp3) is 0.118. The normalized spacial score (nSPS) is 10.8. The van der Waals surface area contributed by atoms with Gasteiger partial charge in [-0.1, -0.05) is 12.1 Å². The van der Waals surface area contributed by atoms with E-state index in [0.29, 0.717) is 28.2 Å². The monoisotopic (exact) mass is 311 g/mol. The molecule has 0 aliphatic carbocycles. The Hall–Kier alpha value is -3.01. The van der Waals surface area contributed by atoms with Gasteiger partial charge in [-0.05, 0) is 42.0 Å². The van der Waals surface area contributed by atoms with Crippen molar-refractivity contribution < 1.29 is 14.7 Å². The average Bonchev–Trinajstić information content (AvgIpc) is 2.59. The van der Waals surface area contributed by atoms with Crippen molar-refractivity contribution in [2.45, 2.75) is 0 Å². The summed E-state index contributed by atoms with van der Waals surface area (Å²) in [6, 6.07) is 13.4. The van der Waals surface area contributed by atoms with Crippen LogP contribution in [0, 0.1) is 16.5 Å². The maximum Gasteiger partial charge on any atom is 0.126 e. The van der Waals surface area contributed by atoms with Crippen molar-refractivity contribution in [1.29, 1.82) is 5.26 Å². The molecule has 0 aromatic heterocycles. The molecule has 0 aliphatic heterocycles. The maximum absolute atomic E-state index is 10.8. The van der Waals surface area contributed by atoms with Gasteiger partial charge in [-0.15, -0.1) is 0 Å². The van der Waals surface area contributed by atoms with Gasteiger partial charge in [0.25, 0.3) is 0 Å². The lowest BCUT2D eigenvalue weighted by Crippen LogP contribution is -2.06. The number of ether oxygens (including phenoxy) is 2. The third-order valence-electron chi connectivity index (χ3n) is 3.26. The van der Waals surface area contributed by atoms with E-state index in [4.69, 9.17) is 14.7 Å². The molecule has 6 heteroatoms. The van der Waals surface area contributed by atoms with Crippen molar-refractivity contribution in [3.8, 4) is 17.6 Å². The van der Waals surface area contributed by atoms with Crippen LogP contribution >= 0.6 is 0 Å². The highest BCUT2D eigenvalue weighted by molar-refractivity contribution is 5.91. The second-order valence-corrected chi connectivity index (χ2v) is 4.60. The Morgan fingerprint density at radius 3 is 2.39 bits per heavy atom. The largest absolute Gasteiger partial charge is 0.733 e. The van der Waals surface area contributed by atoms with Gasteiger partial charge in [0.1, 0.15) is 11.5 Å². The molecule has 118 valence electrons. The van der Waals surface area contributed by atoms with E-state index in [0.717, 1.165) is 0 Å². The zero-order chi connectivity index (χ0) is 16.8. The van der Waals surface area contributed by atoms with Crippen molar-refractivity contribution in [3.63, 3.8) is 0 Å². The number of benzene rings is 2. The number of allylic oxidation sites excluding steroid dienone is 1. The topological polar surface area (TPSA) is 88.8 Å². The van der Waals surface area contributed by atoms with Crippen LogP contribution in [-0.2, 0) is 0 Å². The standard InChI is InChI=1S/C17H15N2O4/c1-22-16-7-8-17(23-2)13(10-16)9-14(11-18)12-3-5-15(6-4-12)19(20)21/h3-10,20H,1-2H3/q-1/b14-9-. The predicted molar refractivity (Wildman–Crippen MR) is 87.1 cm³/mol. The number of rotatable bonds is 5. The summed E-state index contributed by atoms with van der Waals surface area (Å²) in [4.78, 5) is 0. The minimum atomic E-state index is -0.232. The Morgan fingerprint density at radius 1 is 1.17 bits per heavy atom. The fourth-order valence-corrected chi connectivity index (χ4v) is 2.06. The Balaban J connectivity index is 2.44. The minimum Gasteiger partial charge on any atom is -0.733 e. The summed E-state index contributed by atoms with van der Waals surface area (Å²) in [7, 11) is 3.10. The molecule has 0 unspecified atom stereocenters. The molecule has 2 rings (SSSR count).